The van der Waals surface area contributed by atoms with Crippen LogP contribution < -0.4 is 10.1 Å². The summed E-state index contributed by atoms with van der Waals surface area (Å²) in [5, 5.41) is 3.79. The topological polar surface area (TPSA) is 21.3 Å². The van der Waals surface area contributed by atoms with Crippen LogP contribution in [0, 0.1) is 5.82 Å². The molecule has 0 radical (unpaired) electrons. The van der Waals surface area contributed by atoms with Crippen molar-refractivity contribution >= 4 is 23.2 Å². The zero-order valence-electron chi connectivity index (χ0n) is 11.8. The van der Waals surface area contributed by atoms with Gasteiger partial charge in [-0.05, 0) is 25.1 Å². The predicted octanol–water partition coefficient (Wildman–Crippen LogP) is 4.99. The van der Waals surface area contributed by atoms with Crippen LogP contribution in [0.2, 0.25) is 10.0 Å². The summed E-state index contributed by atoms with van der Waals surface area (Å²) in [5.41, 5.74) is 1.57. The van der Waals surface area contributed by atoms with Crippen LogP contribution in [0.4, 0.5) is 4.39 Å². The number of hydrogen-bond donors (Lipinski definition) is 1. The van der Waals surface area contributed by atoms with E-state index in [1.807, 2.05) is 31.2 Å². The van der Waals surface area contributed by atoms with Crippen LogP contribution >= 0.6 is 23.2 Å². The van der Waals surface area contributed by atoms with Crippen LogP contribution in [0.15, 0.2) is 36.4 Å². The van der Waals surface area contributed by atoms with Crippen molar-refractivity contribution in [1.82, 2.24) is 5.32 Å². The minimum absolute atomic E-state index is 0.0579. The van der Waals surface area contributed by atoms with Crippen molar-refractivity contribution in [1.29, 1.82) is 0 Å². The first-order chi connectivity index (χ1) is 10.0. The van der Waals surface area contributed by atoms with Crippen LogP contribution in [0.25, 0.3) is 0 Å². The summed E-state index contributed by atoms with van der Waals surface area (Å²) in [6, 6.07) is 10.3. The van der Waals surface area contributed by atoms with Crippen LogP contribution in [0.5, 0.6) is 5.75 Å². The van der Waals surface area contributed by atoms with E-state index in [0.717, 1.165) is 11.3 Å². The monoisotopic (exact) mass is 327 g/mol. The third kappa shape index (κ3) is 3.67. The number of benzene rings is 2. The van der Waals surface area contributed by atoms with Gasteiger partial charge in [-0.2, -0.15) is 0 Å². The van der Waals surface area contributed by atoms with Crippen molar-refractivity contribution < 1.29 is 9.13 Å². The molecule has 2 rings (SSSR count). The lowest BCUT2D eigenvalue weighted by atomic mass is 10.1. The molecule has 1 unspecified atom stereocenters. The molecule has 2 aromatic carbocycles. The molecule has 0 aromatic heterocycles. The summed E-state index contributed by atoms with van der Waals surface area (Å²) >= 11 is 12.1. The third-order valence-electron chi connectivity index (χ3n) is 3.30. The molecule has 1 N–H and O–H groups in total. The first-order valence-electron chi connectivity index (χ1n) is 6.53. The fraction of sp³-hybridized carbons (Fsp3) is 0.250. The average molecular weight is 328 g/mol. The number of ether oxygens (including phenoxy) is 1. The van der Waals surface area contributed by atoms with Gasteiger partial charge in [0.05, 0.1) is 12.1 Å². The van der Waals surface area contributed by atoms with Crippen LogP contribution in [0.1, 0.15) is 24.1 Å². The van der Waals surface area contributed by atoms with E-state index in [-0.39, 0.29) is 11.1 Å². The summed E-state index contributed by atoms with van der Waals surface area (Å²) in [6.07, 6.45) is 0. The lowest BCUT2D eigenvalue weighted by Crippen LogP contribution is -2.19. The van der Waals surface area contributed by atoms with Gasteiger partial charge in [0.25, 0.3) is 0 Å². The van der Waals surface area contributed by atoms with Gasteiger partial charge in [-0.1, -0.05) is 41.4 Å². The maximum absolute atomic E-state index is 13.6. The standard InChI is InChI=1S/C16H16Cl2FNO/c1-10(15-12(17)7-8-13(19)16(15)18)20-9-11-5-3-4-6-14(11)21-2/h3-8,10,20H,9H2,1-2H3. The number of para-hydroxylation sites is 1. The molecule has 21 heavy (non-hydrogen) atoms. The number of hydrogen-bond acceptors (Lipinski definition) is 2. The van der Waals surface area contributed by atoms with Crippen molar-refractivity contribution in [2.75, 3.05) is 7.11 Å². The summed E-state index contributed by atoms with van der Waals surface area (Å²) in [7, 11) is 1.63. The van der Waals surface area contributed by atoms with Gasteiger partial charge in [0, 0.05) is 28.7 Å². The molecule has 112 valence electrons. The zero-order valence-corrected chi connectivity index (χ0v) is 13.3. The van der Waals surface area contributed by atoms with E-state index < -0.39 is 5.82 Å². The molecule has 5 heteroatoms. The Morgan fingerprint density at radius 1 is 1.19 bits per heavy atom. The molecule has 0 spiro atoms. The molecule has 0 saturated carbocycles. The molecule has 1 atom stereocenters. The average Bonchev–Trinajstić information content (AvgIpc) is 2.49. The Kier molecular flexibility index (Phi) is 5.45. The van der Waals surface area contributed by atoms with Crippen molar-refractivity contribution in [2.24, 2.45) is 0 Å². The molecular formula is C16H16Cl2FNO. The van der Waals surface area contributed by atoms with E-state index in [9.17, 15) is 4.39 Å². The van der Waals surface area contributed by atoms with Gasteiger partial charge < -0.3 is 10.1 Å². The number of halogens is 3. The number of methoxy groups -OCH3 is 1. The Labute approximate surface area is 133 Å². The quantitative estimate of drug-likeness (QED) is 0.781. The van der Waals surface area contributed by atoms with E-state index >= 15 is 0 Å². The lowest BCUT2D eigenvalue weighted by Gasteiger charge is -2.18. The van der Waals surface area contributed by atoms with Crippen molar-refractivity contribution in [2.45, 2.75) is 19.5 Å². The van der Waals surface area contributed by atoms with Gasteiger partial charge in [-0.3, -0.25) is 0 Å². The second-order valence-corrected chi connectivity index (χ2v) is 5.46. The highest BCUT2D eigenvalue weighted by atomic mass is 35.5. The SMILES string of the molecule is COc1ccccc1CNC(C)c1c(Cl)ccc(F)c1Cl. The van der Waals surface area contributed by atoms with Crippen molar-refractivity contribution in [3.63, 3.8) is 0 Å². The summed E-state index contributed by atoms with van der Waals surface area (Å²) < 4.78 is 18.9. The molecule has 0 amide bonds. The van der Waals surface area contributed by atoms with Gasteiger partial charge in [-0.25, -0.2) is 4.39 Å². The Morgan fingerprint density at radius 3 is 2.62 bits per heavy atom. The second kappa shape index (κ2) is 7.12. The van der Waals surface area contributed by atoms with Crippen molar-refractivity contribution in [3.8, 4) is 5.75 Å². The van der Waals surface area contributed by atoms with Crippen LogP contribution in [-0.2, 0) is 6.54 Å². The molecule has 0 aliphatic rings. The van der Waals surface area contributed by atoms with E-state index in [2.05, 4.69) is 5.32 Å². The van der Waals surface area contributed by atoms with Gasteiger partial charge in [0.1, 0.15) is 11.6 Å². The molecule has 0 aliphatic heterocycles. The summed E-state index contributed by atoms with van der Waals surface area (Å²) in [4.78, 5) is 0. The van der Waals surface area contributed by atoms with Gasteiger partial charge >= 0.3 is 0 Å². The highest BCUT2D eigenvalue weighted by molar-refractivity contribution is 6.36. The fourth-order valence-corrected chi connectivity index (χ4v) is 2.85. The minimum atomic E-state index is -0.470. The molecule has 0 fully saturated rings. The first kappa shape index (κ1) is 16.1. The van der Waals surface area contributed by atoms with Gasteiger partial charge in [0.15, 0.2) is 0 Å². The largest absolute Gasteiger partial charge is 0.496 e. The zero-order chi connectivity index (χ0) is 15.4. The molecule has 0 bridgehead atoms. The fourth-order valence-electron chi connectivity index (χ4n) is 2.15. The molecule has 0 saturated heterocycles. The molecule has 0 aliphatic carbocycles. The van der Waals surface area contributed by atoms with E-state index in [0.29, 0.717) is 17.1 Å². The van der Waals surface area contributed by atoms with Crippen molar-refractivity contribution in [3.05, 3.63) is 63.4 Å². The molecule has 2 nitrogen and oxygen atoms in total. The van der Waals surface area contributed by atoms with Crippen LogP contribution in [0.3, 0.4) is 0 Å². The Morgan fingerprint density at radius 2 is 1.90 bits per heavy atom. The van der Waals surface area contributed by atoms with Crippen LogP contribution in [-0.4, -0.2) is 7.11 Å². The molecule has 0 heterocycles. The molecule has 2 aromatic rings. The smallest absolute Gasteiger partial charge is 0.142 e. The second-order valence-electron chi connectivity index (χ2n) is 4.67. The number of rotatable bonds is 5. The van der Waals surface area contributed by atoms with E-state index in [4.69, 9.17) is 27.9 Å². The van der Waals surface area contributed by atoms with Gasteiger partial charge in [0.2, 0.25) is 0 Å². The highest BCUT2D eigenvalue weighted by Crippen LogP contribution is 2.32. The maximum atomic E-state index is 13.6. The lowest BCUT2D eigenvalue weighted by molar-refractivity contribution is 0.406. The van der Waals surface area contributed by atoms with E-state index in [1.165, 1.54) is 12.1 Å². The number of nitrogens with one attached hydrogen (secondary N) is 1. The minimum Gasteiger partial charge on any atom is -0.496 e. The Balaban J connectivity index is 2.16. The Bertz CT molecular complexity index is 634. The molecular weight excluding hydrogens is 312 g/mol. The first-order valence-corrected chi connectivity index (χ1v) is 7.29. The highest BCUT2D eigenvalue weighted by Gasteiger charge is 2.17. The normalized spacial score (nSPS) is 12.2. The maximum Gasteiger partial charge on any atom is 0.142 e. The summed E-state index contributed by atoms with van der Waals surface area (Å²) in [6.45, 7) is 2.45. The van der Waals surface area contributed by atoms with Gasteiger partial charge in [-0.15, -0.1) is 0 Å². The van der Waals surface area contributed by atoms with E-state index in [1.54, 1.807) is 7.11 Å². The predicted molar refractivity (Wildman–Crippen MR) is 84.7 cm³/mol. The summed E-state index contributed by atoms with van der Waals surface area (Å²) in [5.74, 6) is 0.329. The third-order valence-corrected chi connectivity index (χ3v) is 4.02. The Hall–Kier alpha value is -1.29.